The number of amides is 1. The molecule has 1 heterocycles. The summed E-state index contributed by atoms with van der Waals surface area (Å²) < 4.78 is 5.00. The number of fused-ring (bicyclic) bond motifs is 1. The van der Waals surface area contributed by atoms with E-state index in [1.165, 1.54) is 16.9 Å². The first kappa shape index (κ1) is 12.9. The Kier molecular flexibility index (Phi) is 4.42. The molecule has 2 rings (SSSR count). The van der Waals surface area contributed by atoms with Crippen LogP contribution in [0.15, 0.2) is 6.07 Å². The summed E-state index contributed by atoms with van der Waals surface area (Å²) in [6, 6.07) is 1.89. The monoisotopic (exact) mass is 273 g/mol. The molecule has 0 spiro atoms. The predicted molar refractivity (Wildman–Crippen MR) is 70.2 cm³/mol. The van der Waals surface area contributed by atoms with E-state index in [1.54, 1.807) is 18.4 Å². The van der Waals surface area contributed by atoms with Gasteiger partial charge >= 0.3 is 0 Å². The van der Waals surface area contributed by atoms with Crippen LogP contribution in [-0.4, -0.2) is 31.5 Å². The average Bonchev–Trinajstić information content (AvgIpc) is 2.88. The molecule has 17 heavy (non-hydrogen) atoms. The Morgan fingerprint density at radius 3 is 3.12 bits per heavy atom. The summed E-state index contributed by atoms with van der Waals surface area (Å²) >= 11 is 7.37. The highest BCUT2D eigenvalue weighted by Crippen LogP contribution is 2.30. The van der Waals surface area contributed by atoms with Gasteiger partial charge in [0.2, 0.25) is 0 Å². The molecule has 0 bridgehead atoms. The number of thiophene rings is 1. The summed E-state index contributed by atoms with van der Waals surface area (Å²) in [4.78, 5) is 14.1. The van der Waals surface area contributed by atoms with Crippen LogP contribution >= 0.6 is 22.9 Å². The molecule has 1 aromatic rings. The fraction of sp³-hybridized carbons (Fsp3) is 0.583. The number of halogens is 1. The van der Waals surface area contributed by atoms with Crippen molar-refractivity contribution in [1.82, 2.24) is 5.32 Å². The Labute approximate surface area is 110 Å². The van der Waals surface area contributed by atoms with Gasteiger partial charge in [-0.05, 0) is 30.9 Å². The van der Waals surface area contributed by atoms with E-state index in [4.69, 9.17) is 16.3 Å². The number of rotatable bonds is 5. The third-order valence-corrected chi connectivity index (χ3v) is 4.47. The summed E-state index contributed by atoms with van der Waals surface area (Å²) in [6.45, 7) is 0.445. The lowest BCUT2D eigenvalue weighted by Crippen LogP contribution is -2.39. The topological polar surface area (TPSA) is 38.3 Å². The van der Waals surface area contributed by atoms with E-state index in [0.29, 0.717) is 12.5 Å². The largest absolute Gasteiger partial charge is 0.383 e. The molecule has 1 unspecified atom stereocenters. The highest BCUT2D eigenvalue weighted by Gasteiger charge is 2.20. The molecule has 94 valence electrons. The Hall–Kier alpha value is -0.580. The Morgan fingerprint density at radius 2 is 2.47 bits per heavy atom. The number of ether oxygens (including phenoxy) is 1. The zero-order valence-electron chi connectivity index (χ0n) is 9.79. The molecular weight excluding hydrogens is 258 g/mol. The molecule has 1 aliphatic carbocycles. The van der Waals surface area contributed by atoms with E-state index in [1.807, 2.05) is 6.07 Å². The van der Waals surface area contributed by atoms with Crippen LogP contribution in [0.3, 0.4) is 0 Å². The second-order valence-electron chi connectivity index (χ2n) is 4.19. The Morgan fingerprint density at radius 1 is 1.65 bits per heavy atom. The molecule has 0 fully saturated rings. The van der Waals surface area contributed by atoms with Crippen molar-refractivity contribution in [3.05, 3.63) is 21.4 Å². The van der Waals surface area contributed by atoms with Crippen molar-refractivity contribution >= 4 is 28.8 Å². The minimum Gasteiger partial charge on any atom is -0.383 e. The van der Waals surface area contributed by atoms with Crippen LogP contribution in [-0.2, 0) is 17.6 Å². The van der Waals surface area contributed by atoms with E-state index in [-0.39, 0.29) is 11.9 Å². The van der Waals surface area contributed by atoms with Crippen LogP contribution in [0, 0.1) is 0 Å². The van der Waals surface area contributed by atoms with Gasteiger partial charge in [0.25, 0.3) is 5.91 Å². The highest BCUT2D eigenvalue weighted by atomic mass is 35.5. The minimum absolute atomic E-state index is 0.0351. The van der Waals surface area contributed by atoms with Crippen LogP contribution in [0.1, 0.15) is 26.5 Å². The smallest absolute Gasteiger partial charge is 0.261 e. The van der Waals surface area contributed by atoms with E-state index in [9.17, 15) is 4.79 Å². The third kappa shape index (κ3) is 3.00. The Balaban J connectivity index is 1.99. The van der Waals surface area contributed by atoms with Gasteiger partial charge in [0, 0.05) is 17.9 Å². The van der Waals surface area contributed by atoms with Gasteiger partial charge in [0.15, 0.2) is 0 Å². The van der Waals surface area contributed by atoms with E-state index in [2.05, 4.69) is 5.32 Å². The summed E-state index contributed by atoms with van der Waals surface area (Å²) in [7, 11) is 1.60. The molecule has 1 N–H and O–H groups in total. The summed E-state index contributed by atoms with van der Waals surface area (Å²) in [5, 5.41) is 2.89. The molecule has 1 amide bonds. The molecule has 0 aliphatic heterocycles. The van der Waals surface area contributed by atoms with E-state index in [0.717, 1.165) is 17.7 Å². The highest BCUT2D eigenvalue weighted by molar-refractivity contribution is 7.14. The molecule has 1 aliphatic rings. The molecule has 0 saturated heterocycles. The van der Waals surface area contributed by atoms with Crippen molar-refractivity contribution in [3.8, 4) is 0 Å². The van der Waals surface area contributed by atoms with Crippen LogP contribution in [0.5, 0.6) is 0 Å². The lowest BCUT2D eigenvalue weighted by atomic mass is 10.2. The Bertz CT molecular complexity index is 384. The van der Waals surface area contributed by atoms with Gasteiger partial charge in [-0.25, -0.2) is 0 Å². The zero-order chi connectivity index (χ0) is 12.3. The number of hydrogen-bond donors (Lipinski definition) is 1. The van der Waals surface area contributed by atoms with Crippen LogP contribution in [0.4, 0.5) is 0 Å². The first-order valence-corrected chi connectivity index (χ1v) is 7.07. The molecule has 0 saturated carbocycles. The van der Waals surface area contributed by atoms with Gasteiger partial charge in [-0.3, -0.25) is 4.79 Å². The molecule has 5 heteroatoms. The standard InChI is InChI=1S/C12H16ClNO2S/c1-16-7-9(6-13)14-12(15)11-5-8-3-2-4-10(8)17-11/h5,9H,2-4,6-7H2,1H3,(H,14,15). The SMILES string of the molecule is COCC(CCl)NC(=O)c1cc2c(s1)CCC2. The van der Waals surface area contributed by atoms with Crippen LogP contribution in [0.2, 0.25) is 0 Å². The first-order chi connectivity index (χ1) is 8.24. The van der Waals surface area contributed by atoms with Gasteiger partial charge in [0.1, 0.15) is 0 Å². The molecule has 3 nitrogen and oxygen atoms in total. The van der Waals surface area contributed by atoms with E-state index >= 15 is 0 Å². The first-order valence-electron chi connectivity index (χ1n) is 5.72. The maximum atomic E-state index is 12.0. The number of nitrogens with one attached hydrogen (secondary N) is 1. The quantitative estimate of drug-likeness (QED) is 0.836. The van der Waals surface area contributed by atoms with Crippen molar-refractivity contribution in [2.75, 3.05) is 19.6 Å². The maximum Gasteiger partial charge on any atom is 0.261 e. The number of hydrogen-bond acceptors (Lipinski definition) is 3. The number of carbonyl (C=O) groups is 1. The fourth-order valence-corrected chi connectivity index (χ4v) is 3.35. The lowest BCUT2D eigenvalue weighted by Gasteiger charge is -2.14. The van der Waals surface area contributed by atoms with Crippen molar-refractivity contribution in [2.24, 2.45) is 0 Å². The number of aryl methyl sites for hydroxylation is 2. The van der Waals surface area contributed by atoms with Crippen molar-refractivity contribution < 1.29 is 9.53 Å². The van der Waals surface area contributed by atoms with Crippen LogP contribution < -0.4 is 5.32 Å². The maximum absolute atomic E-state index is 12.0. The fourth-order valence-electron chi connectivity index (χ4n) is 2.02. The molecule has 1 atom stereocenters. The second-order valence-corrected chi connectivity index (χ2v) is 5.64. The molecule has 0 radical (unpaired) electrons. The normalized spacial score (nSPS) is 15.6. The predicted octanol–water partition coefficient (Wildman–Crippen LogP) is 2.22. The second kappa shape index (κ2) is 5.85. The third-order valence-electron chi connectivity index (χ3n) is 2.86. The number of alkyl halides is 1. The zero-order valence-corrected chi connectivity index (χ0v) is 11.4. The van der Waals surface area contributed by atoms with Gasteiger partial charge in [-0.2, -0.15) is 0 Å². The number of carbonyl (C=O) groups excluding carboxylic acids is 1. The van der Waals surface area contributed by atoms with Crippen molar-refractivity contribution in [3.63, 3.8) is 0 Å². The van der Waals surface area contributed by atoms with Gasteiger partial charge in [0.05, 0.1) is 17.5 Å². The summed E-state index contributed by atoms with van der Waals surface area (Å²) in [5.41, 5.74) is 1.34. The lowest BCUT2D eigenvalue weighted by molar-refractivity contribution is 0.0911. The summed E-state index contributed by atoms with van der Waals surface area (Å²) in [5.74, 6) is 0.331. The van der Waals surface area contributed by atoms with Crippen molar-refractivity contribution in [1.29, 1.82) is 0 Å². The molecular formula is C12H16ClNO2S. The molecule has 1 aromatic heterocycles. The van der Waals surface area contributed by atoms with Crippen LogP contribution in [0.25, 0.3) is 0 Å². The van der Waals surface area contributed by atoms with Gasteiger partial charge < -0.3 is 10.1 Å². The summed E-state index contributed by atoms with van der Waals surface area (Å²) in [6.07, 6.45) is 3.44. The minimum atomic E-state index is -0.119. The van der Waals surface area contributed by atoms with Crippen molar-refractivity contribution in [2.45, 2.75) is 25.3 Å². The molecule has 0 aromatic carbocycles. The van der Waals surface area contributed by atoms with Gasteiger partial charge in [-0.15, -0.1) is 22.9 Å². The van der Waals surface area contributed by atoms with Gasteiger partial charge in [-0.1, -0.05) is 0 Å². The number of methoxy groups -OCH3 is 1. The van der Waals surface area contributed by atoms with E-state index < -0.39 is 0 Å². The average molecular weight is 274 g/mol.